The Hall–Kier alpha value is -1.56. The van der Waals surface area contributed by atoms with Crippen LogP contribution in [0, 0.1) is 0 Å². The molecular weight excluding hydrogens is 257 g/mol. The molecular formula is C13H15F3N2O. The van der Waals surface area contributed by atoms with Crippen molar-refractivity contribution < 1.29 is 18.0 Å². The summed E-state index contributed by atoms with van der Waals surface area (Å²) in [5.74, 6) is -0.163. The van der Waals surface area contributed by atoms with E-state index in [-0.39, 0.29) is 5.91 Å². The molecule has 0 saturated carbocycles. The number of carbonyl (C=O) groups excluding carboxylic acids is 1. The van der Waals surface area contributed by atoms with Crippen LogP contribution in [0.1, 0.15) is 37.4 Å². The number of nitrogens with one attached hydrogen (secondary N) is 1. The van der Waals surface area contributed by atoms with Gasteiger partial charge in [0.15, 0.2) is 0 Å². The number of fused-ring (bicyclic) bond motifs is 1. The van der Waals surface area contributed by atoms with E-state index in [1.54, 1.807) is 26.0 Å². The van der Waals surface area contributed by atoms with E-state index in [0.717, 1.165) is 0 Å². The second-order valence-electron chi connectivity index (χ2n) is 5.31. The minimum atomic E-state index is -4.30. The van der Waals surface area contributed by atoms with Crippen LogP contribution < -0.4 is 11.1 Å². The Morgan fingerprint density at radius 3 is 2.58 bits per heavy atom. The first-order valence-electron chi connectivity index (χ1n) is 5.89. The van der Waals surface area contributed by atoms with Crippen LogP contribution in [0.3, 0.4) is 0 Å². The molecule has 3 nitrogen and oxygen atoms in total. The van der Waals surface area contributed by atoms with Crippen molar-refractivity contribution in [3.05, 3.63) is 29.3 Å². The first-order valence-corrected chi connectivity index (χ1v) is 5.89. The van der Waals surface area contributed by atoms with Crippen LogP contribution in [0.5, 0.6) is 0 Å². The molecule has 1 amide bonds. The molecule has 0 aliphatic carbocycles. The third kappa shape index (κ3) is 2.58. The Morgan fingerprint density at radius 2 is 2.00 bits per heavy atom. The first kappa shape index (κ1) is 13.9. The third-order valence-electron chi connectivity index (χ3n) is 3.41. The van der Waals surface area contributed by atoms with Crippen LogP contribution in [-0.4, -0.2) is 12.1 Å². The molecule has 1 aromatic rings. The number of rotatable bonds is 2. The van der Waals surface area contributed by atoms with E-state index < -0.39 is 24.1 Å². The van der Waals surface area contributed by atoms with E-state index in [9.17, 15) is 18.0 Å². The van der Waals surface area contributed by atoms with E-state index in [0.29, 0.717) is 16.8 Å². The average molecular weight is 272 g/mol. The maximum atomic E-state index is 12.3. The lowest BCUT2D eigenvalue weighted by Crippen LogP contribution is -2.27. The fourth-order valence-corrected chi connectivity index (χ4v) is 2.19. The first-order chi connectivity index (χ1) is 8.61. The van der Waals surface area contributed by atoms with Gasteiger partial charge < -0.3 is 11.1 Å². The minimum absolute atomic E-state index is 0.163. The van der Waals surface area contributed by atoms with Gasteiger partial charge in [0.2, 0.25) is 5.91 Å². The molecule has 0 bridgehead atoms. The summed E-state index contributed by atoms with van der Waals surface area (Å²) in [4.78, 5) is 11.7. The van der Waals surface area contributed by atoms with E-state index in [4.69, 9.17) is 5.73 Å². The van der Waals surface area contributed by atoms with Gasteiger partial charge in [-0.05, 0) is 31.0 Å². The molecule has 1 aliphatic heterocycles. The molecule has 2 rings (SSSR count). The Bertz CT molecular complexity index is 523. The van der Waals surface area contributed by atoms with Gasteiger partial charge in [0.1, 0.15) is 0 Å². The Kier molecular flexibility index (Phi) is 3.09. The lowest BCUT2D eigenvalue weighted by atomic mass is 9.84. The highest BCUT2D eigenvalue weighted by atomic mass is 19.4. The normalized spacial score (nSPS) is 18.9. The lowest BCUT2D eigenvalue weighted by Gasteiger charge is -2.19. The van der Waals surface area contributed by atoms with Gasteiger partial charge >= 0.3 is 6.18 Å². The molecule has 1 aromatic carbocycles. The summed E-state index contributed by atoms with van der Waals surface area (Å²) in [5.41, 5.74) is 6.54. The molecule has 1 atom stereocenters. The number of benzene rings is 1. The zero-order chi connectivity index (χ0) is 14.4. The highest BCUT2D eigenvalue weighted by molar-refractivity contribution is 6.05. The molecule has 1 aliphatic rings. The molecule has 19 heavy (non-hydrogen) atoms. The number of carbonyl (C=O) groups is 1. The van der Waals surface area contributed by atoms with Gasteiger partial charge in [-0.3, -0.25) is 4.79 Å². The smallest absolute Gasteiger partial charge is 0.325 e. The molecule has 1 heterocycles. The van der Waals surface area contributed by atoms with E-state index in [2.05, 4.69) is 5.32 Å². The van der Waals surface area contributed by atoms with Gasteiger partial charge in [-0.2, -0.15) is 13.2 Å². The summed E-state index contributed by atoms with van der Waals surface area (Å²) in [6.45, 7) is 3.46. The second kappa shape index (κ2) is 4.23. The van der Waals surface area contributed by atoms with E-state index >= 15 is 0 Å². The average Bonchev–Trinajstić information content (AvgIpc) is 2.47. The minimum Gasteiger partial charge on any atom is -0.325 e. The Balaban J connectivity index is 2.33. The zero-order valence-electron chi connectivity index (χ0n) is 10.6. The zero-order valence-corrected chi connectivity index (χ0v) is 10.6. The highest BCUT2D eigenvalue weighted by Crippen LogP contribution is 2.39. The van der Waals surface area contributed by atoms with Gasteiger partial charge in [-0.1, -0.05) is 12.1 Å². The lowest BCUT2D eigenvalue weighted by molar-refractivity contribution is -0.138. The predicted octanol–water partition coefficient (Wildman–Crippen LogP) is 2.87. The molecule has 6 heteroatoms. The number of hydrogen-bond acceptors (Lipinski definition) is 2. The summed E-state index contributed by atoms with van der Waals surface area (Å²) in [7, 11) is 0. The van der Waals surface area contributed by atoms with Crippen molar-refractivity contribution in [3.8, 4) is 0 Å². The van der Waals surface area contributed by atoms with E-state index in [1.807, 2.05) is 0 Å². The molecule has 3 N–H and O–H groups in total. The van der Waals surface area contributed by atoms with Crippen molar-refractivity contribution >= 4 is 11.6 Å². The number of halogens is 3. The number of hydrogen-bond donors (Lipinski definition) is 2. The van der Waals surface area contributed by atoms with Crippen molar-refractivity contribution in [2.45, 2.75) is 37.9 Å². The molecule has 0 spiro atoms. The summed E-state index contributed by atoms with van der Waals surface area (Å²) in [6, 6.07) is 3.60. The van der Waals surface area contributed by atoms with Gasteiger partial charge in [-0.25, -0.2) is 0 Å². The topological polar surface area (TPSA) is 55.1 Å². The number of anilines is 1. The summed E-state index contributed by atoms with van der Waals surface area (Å²) in [5, 5.41) is 2.70. The molecule has 0 saturated heterocycles. The number of nitrogens with two attached hydrogens (primary N) is 1. The van der Waals surface area contributed by atoms with Gasteiger partial charge in [0.25, 0.3) is 0 Å². The van der Waals surface area contributed by atoms with Crippen molar-refractivity contribution in [1.29, 1.82) is 0 Å². The van der Waals surface area contributed by atoms with Crippen LogP contribution in [0.25, 0.3) is 0 Å². The molecule has 0 fully saturated rings. The summed E-state index contributed by atoms with van der Waals surface area (Å²) >= 11 is 0. The van der Waals surface area contributed by atoms with Crippen molar-refractivity contribution in [2.75, 3.05) is 5.32 Å². The second-order valence-corrected chi connectivity index (χ2v) is 5.31. The van der Waals surface area contributed by atoms with Crippen molar-refractivity contribution in [1.82, 2.24) is 0 Å². The number of amides is 1. The van der Waals surface area contributed by atoms with Gasteiger partial charge in [0, 0.05) is 11.7 Å². The molecule has 1 unspecified atom stereocenters. The predicted molar refractivity (Wildman–Crippen MR) is 65.7 cm³/mol. The number of alkyl halides is 3. The maximum Gasteiger partial charge on any atom is 0.390 e. The molecule has 104 valence electrons. The molecule has 0 radical (unpaired) electrons. The third-order valence-corrected chi connectivity index (χ3v) is 3.41. The highest BCUT2D eigenvalue weighted by Gasteiger charge is 2.39. The molecule has 0 aromatic heterocycles. The van der Waals surface area contributed by atoms with Crippen LogP contribution in [0.2, 0.25) is 0 Å². The monoisotopic (exact) mass is 272 g/mol. The quantitative estimate of drug-likeness (QED) is 0.869. The van der Waals surface area contributed by atoms with Crippen LogP contribution in [-0.2, 0) is 10.2 Å². The Labute approximate surface area is 109 Å². The van der Waals surface area contributed by atoms with Gasteiger partial charge in [0.05, 0.1) is 11.8 Å². The SMILES string of the molecule is CC1(C)C(=O)Nc2ccc(C(N)CC(F)(F)F)cc21. The van der Waals surface area contributed by atoms with Crippen LogP contribution in [0.15, 0.2) is 18.2 Å². The summed E-state index contributed by atoms with van der Waals surface area (Å²) < 4.78 is 37.0. The fraction of sp³-hybridized carbons (Fsp3) is 0.462. The standard InChI is InChI=1S/C13H15F3N2O/c1-12(2)8-5-7(9(17)6-13(14,15)16)3-4-10(8)18-11(12)19/h3-5,9H,6,17H2,1-2H3,(H,18,19). The fourth-order valence-electron chi connectivity index (χ4n) is 2.19. The van der Waals surface area contributed by atoms with Crippen molar-refractivity contribution in [2.24, 2.45) is 5.73 Å². The maximum absolute atomic E-state index is 12.3. The Morgan fingerprint density at radius 1 is 1.37 bits per heavy atom. The van der Waals surface area contributed by atoms with Crippen LogP contribution in [0.4, 0.5) is 18.9 Å². The largest absolute Gasteiger partial charge is 0.390 e. The van der Waals surface area contributed by atoms with Crippen LogP contribution >= 0.6 is 0 Å². The summed E-state index contributed by atoms with van der Waals surface area (Å²) in [6.07, 6.45) is -5.38. The van der Waals surface area contributed by atoms with Gasteiger partial charge in [-0.15, -0.1) is 0 Å². The van der Waals surface area contributed by atoms with Crippen molar-refractivity contribution in [3.63, 3.8) is 0 Å². The van der Waals surface area contributed by atoms with E-state index in [1.165, 1.54) is 6.07 Å².